The fourth-order valence-corrected chi connectivity index (χ4v) is 3.29. The molecule has 0 aliphatic rings. The standard InChI is InChI=1S/C24H27N3O2/c1-16(2)22(25)24(29)26-15-21(28)27-23(18-10-4-3-5-11-18)20-14-8-12-17-9-6-7-13-19(17)20/h3-14,16,22-23H,15,25H2,1-2H3,(H,26,29)(H,27,28)/t22-,23?/m0/s1. The van der Waals surface area contributed by atoms with Gasteiger partial charge in [-0.25, -0.2) is 0 Å². The number of hydrogen-bond donors (Lipinski definition) is 3. The Labute approximate surface area is 171 Å². The van der Waals surface area contributed by atoms with E-state index in [1.807, 2.05) is 68.4 Å². The third kappa shape index (κ3) is 5.00. The van der Waals surface area contributed by atoms with Gasteiger partial charge in [-0.05, 0) is 27.8 Å². The van der Waals surface area contributed by atoms with Crippen LogP contribution in [-0.4, -0.2) is 24.4 Å². The average Bonchev–Trinajstić information content (AvgIpc) is 2.75. The highest BCUT2D eigenvalue weighted by molar-refractivity contribution is 5.89. The van der Waals surface area contributed by atoms with E-state index in [1.54, 1.807) is 0 Å². The SMILES string of the molecule is CC(C)[C@H](N)C(=O)NCC(=O)NC(c1ccccc1)c1cccc2ccccc12. The molecule has 0 heterocycles. The number of carbonyl (C=O) groups is 2. The molecular weight excluding hydrogens is 362 g/mol. The molecule has 0 aliphatic carbocycles. The van der Waals surface area contributed by atoms with Crippen molar-refractivity contribution in [1.82, 2.24) is 10.6 Å². The second kappa shape index (κ2) is 9.34. The number of fused-ring (bicyclic) bond motifs is 1. The van der Waals surface area contributed by atoms with Crippen LogP contribution in [0.3, 0.4) is 0 Å². The van der Waals surface area contributed by atoms with Gasteiger partial charge in [0.2, 0.25) is 11.8 Å². The zero-order valence-electron chi connectivity index (χ0n) is 16.8. The minimum absolute atomic E-state index is 0.00538. The molecule has 2 atom stereocenters. The maximum Gasteiger partial charge on any atom is 0.240 e. The molecule has 0 bridgehead atoms. The van der Waals surface area contributed by atoms with Crippen LogP contribution in [0.15, 0.2) is 72.8 Å². The first-order valence-corrected chi connectivity index (χ1v) is 9.82. The van der Waals surface area contributed by atoms with E-state index in [-0.39, 0.29) is 30.3 Å². The Balaban J connectivity index is 1.84. The molecule has 2 amide bonds. The van der Waals surface area contributed by atoms with Gasteiger partial charge >= 0.3 is 0 Å². The Morgan fingerprint density at radius 3 is 2.28 bits per heavy atom. The van der Waals surface area contributed by atoms with Crippen molar-refractivity contribution in [3.63, 3.8) is 0 Å². The number of carbonyl (C=O) groups excluding carboxylic acids is 2. The topological polar surface area (TPSA) is 84.2 Å². The number of nitrogens with one attached hydrogen (secondary N) is 2. The predicted molar refractivity (Wildman–Crippen MR) is 116 cm³/mol. The second-order valence-electron chi connectivity index (χ2n) is 7.47. The molecule has 1 unspecified atom stereocenters. The third-order valence-corrected chi connectivity index (χ3v) is 5.02. The largest absolute Gasteiger partial charge is 0.346 e. The van der Waals surface area contributed by atoms with E-state index < -0.39 is 6.04 Å². The fraction of sp³-hybridized carbons (Fsp3) is 0.250. The Bertz CT molecular complexity index is 980. The summed E-state index contributed by atoms with van der Waals surface area (Å²) in [6.45, 7) is 3.62. The van der Waals surface area contributed by atoms with Crippen LogP contribution >= 0.6 is 0 Å². The quantitative estimate of drug-likeness (QED) is 0.580. The summed E-state index contributed by atoms with van der Waals surface area (Å²) in [5.41, 5.74) is 7.83. The zero-order chi connectivity index (χ0) is 20.8. The molecular formula is C24H27N3O2. The van der Waals surface area contributed by atoms with Crippen molar-refractivity contribution in [3.05, 3.63) is 83.9 Å². The van der Waals surface area contributed by atoms with Crippen molar-refractivity contribution in [2.45, 2.75) is 25.9 Å². The van der Waals surface area contributed by atoms with Crippen molar-refractivity contribution in [3.8, 4) is 0 Å². The fourth-order valence-electron chi connectivity index (χ4n) is 3.29. The van der Waals surface area contributed by atoms with Gasteiger partial charge in [-0.3, -0.25) is 9.59 Å². The molecule has 5 heteroatoms. The van der Waals surface area contributed by atoms with Gasteiger partial charge < -0.3 is 16.4 Å². The Morgan fingerprint density at radius 1 is 0.897 bits per heavy atom. The molecule has 29 heavy (non-hydrogen) atoms. The Morgan fingerprint density at radius 2 is 1.55 bits per heavy atom. The van der Waals surface area contributed by atoms with E-state index in [0.717, 1.165) is 21.9 Å². The smallest absolute Gasteiger partial charge is 0.240 e. The average molecular weight is 389 g/mol. The Hall–Kier alpha value is -3.18. The highest BCUT2D eigenvalue weighted by Crippen LogP contribution is 2.29. The lowest BCUT2D eigenvalue weighted by atomic mass is 9.93. The molecule has 4 N–H and O–H groups in total. The van der Waals surface area contributed by atoms with E-state index in [0.29, 0.717) is 0 Å². The minimum atomic E-state index is -0.634. The van der Waals surface area contributed by atoms with Gasteiger partial charge in [-0.1, -0.05) is 86.6 Å². The predicted octanol–water partition coefficient (Wildman–Crippen LogP) is 3.14. The van der Waals surface area contributed by atoms with Gasteiger partial charge in [-0.15, -0.1) is 0 Å². The lowest BCUT2D eigenvalue weighted by molar-refractivity contribution is -0.127. The van der Waals surface area contributed by atoms with Gasteiger partial charge in [0, 0.05) is 0 Å². The second-order valence-corrected chi connectivity index (χ2v) is 7.47. The van der Waals surface area contributed by atoms with Crippen molar-refractivity contribution in [2.75, 3.05) is 6.54 Å². The molecule has 0 aromatic heterocycles. The van der Waals surface area contributed by atoms with E-state index >= 15 is 0 Å². The highest BCUT2D eigenvalue weighted by atomic mass is 16.2. The van der Waals surface area contributed by atoms with Crippen LogP contribution in [0.25, 0.3) is 10.8 Å². The number of nitrogens with two attached hydrogens (primary N) is 1. The first-order valence-electron chi connectivity index (χ1n) is 9.82. The summed E-state index contributed by atoms with van der Waals surface area (Å²) >= 11 is 0. The summed E-state index contributed by atoms with van der Waals surface area (Å²) in [6, 6.07) is 23.0. The van der Waals surface area contributed by atoms with Gasteiger partial charge in [0.25, 0.3) is 0 Å². The van der Waals surface area contributed by atoms with Crippen molar-refractivity contribution >= 4 is 22.6 Å². The molecule has 0 saturated heterocycles. The van der Waals surface area contributed by atoms with E-state index in [4.69, 9.17) is 5.73 Å². The molecule has 0 spiro atoms. The van der Waals surface area contributed by atoms with Crippen molar-refractivity contribution in [1.29, 1.82) is 0 Å². The van der Waals surface area contributed by atoms with Gasteiger partial charge in [0.05, 0.1) is 18.6 Å². The Kier molecular flexibility index (Phi) is 6.62. The molecule has 0 saturated carbocycles. The molecule has 3 aromatic rings. The van der Waals surface area contributed by atoms with Gasteiger partial charge in [-0.2, -0.15) is 0 Å². The molecule has 0 fully saturated rings. The van der Waals surface area contributed by atoms with Crippen LogP contribution in [-0.2, 0) is 9.59 Å². The van der Waals surface area contributed by atoms with Crippen molar-refractivity contribution < 1.29 is 9.59 Å². The number of amides is 2. The molecule has 3 rings (SSSR count). The zero-order valence-corrected chi connectivity index (χ0v) is 16.8. The lowest BCUT2D eigenvalue weighted by Gasteiger charge is -2.22. The number of rotatable bonds is 7. The summed E-state index contributed by atoms with van der Waals surface area (Å²) in [4.78, 5) is 24.7. The maximum atomic E-state index is 12.7. The van der Waals surface area contributed by atoms with Crippen molar-refractivity contribution in [2.24, 2.45) is 11.7 Å². The molecule has 0 radical (unpaired) electrons. The molecule has 3 aromatic carbocycles. The summed E-state index contributed by atoms with van der Waals surface area (Å²) in [7, 11) is 0. The molecule has 5 nitrogen and oxygen atoms in total. The summed E-state index contributed by atoms with van der Waals surface area (Å²) in [6.07, 6.45) is 0. The molecule has 0 aliphatic heterocycles. The van der Waals surface area contributed by atoms with Crippen LogP contribution in [0, 0.1) is 5.92 Å². The summed E-state index contributed by atoms with van der Waals surface area (Å²) in [5, 5.41) is 7.89. The van der Waals surface area contributed by atoms with E-state index in [1.165, 1.54) is 0 Å². The summed E-state index contributed by atoms with van der Waals surface area (Å²) in [5.74, 6) is -0.585. The van der Waals surface area contributed by atoms with Crippen LogP contribution in [0.5, 0.6) is 0 Å². The summed E-state index contributed by atoms with van der Waals surface area (Å²) < 4.78 is 0. The lowest BCUT2D eigenvalue weighted by Crippen LogP contribution is -2.47. The third-order valence-electron chi connectivity index (χ3n) is 5.02. The monoisotopic (exact) mass is 389 g/mol. The number of hydrogen-bond acceptors (Lipinski definition) is 3. The maximum absolute atomic E-state index is 12.7. The molecule has 150 valence electrons. The van der Waals surface area contributed by atoms with Crippen LogP contribution in [0.2, 0.25) is 0 Å². The van der Waals surface area contributed by atoms with Crippen LogP contribution < -0.4 is 16.4 Å². The highest BCUT2D eigenvalue weighted by Gasteiger charge is 2.21. The van der Waals surface area contributed by atoms with E-state index in [2.05, 4.69) is 28.8 Å². The first-order chi connectivity index (χ1) is 14.0. The van der Waals surface area contributed by atoms with Gasteiger partial charge in [0.1, 0.15) is 0 Å². The van der Waals surface area contributed by atoms with E-state index in [9.17, 15) is 9.59 Å². The number of benzene rings is 3. The van der Waals surface area contributed by atoms with Gasteiger partial charge in [0.15, 0.2) is 0 Å². The minimum Gasteiger partial charge on any atom is -0.346 e. The normalized spacial score (nSPS) is 13.1. The first kappa shape index (κ1) is 20.6. The van der Waals surface area contributed by atoms with Crippen LogP contribution in [0.4, 0.5) is 0 Å². The van der Waals surface area contributed by atoms with Crippen LogP contribution in [0.1, 0.15) is 31.0 Å².